The molecule has 1 amide bonds. The number of anilines is 1. The Hall–Kier alpha value is -3.40. The van der Waals surface area contributed by atoms with Crippen molar-refractivity contribution in [3.05, 3.63) is 62.9 Å². The Morgan fingerprint density at radius 3 is 2.46 bits per heavy atom. The van der Waals surface area contributed by atoms with Gasteiger partial charge in [-0.1, -0.05) is 11.8 Å². The zero-order valence-electron chi connectivity index (χ0n) is 15.1. The van der Waals surface area contributed by atoms with Crippen molar-refractivity contribution in [2.24, 2.45) is 0 Å². The van der Waals surface area contributed by atoms with Gasteiger partial charge >= 0.3 is 5.69 Å². The molecule has 0 saturated carbocycles. The van der Waals surface area contributed by atoms with Crippen LogP contribution in [0.4, 0.5) is 5.69 Å². The monoisotopic (exact) mass is 399 g/mol. The van der Waals surface area contributed by atoms with Crippen LogP contribution >= 0.6 is 11.8 Å². The number of hydrogen-bond donors (Lipinski definition) is 3. The summed E-state index contributed by atoms with van der Waals surface area (Å²) >= 11 is 1.18. The number of ether oxygens (including phenoxy) is 1. The zero-order chi connectivity index (χ0) is 20.1. The number of rotatable bonds is 6. The van der Waals surface area contributed by atoms with Gasteiger partial charge in [0.25, 0.3) is 5.56 Å². The molecule has 0 bridgehead atoms. The third-order valence-corrected chi connectivity index (χ3v) is 4.69. The molecule has 0 atom stereocenters. The highest BCUT2D eigenvalue weighted by atomic mass is 32.2. The van der Waals surface area contributed by atoms with Crippen molar-refractivity contribution in [3.8, 4) is 17.0 Å². The number of H-pyrrole nitrogens is 2. The van der Waals surface area contributed by atoms with Crippen molar-refractivity contribution in [1.29, 1.82) is 0 Å². The molecular weight excluding hydrogens is 382 g/mol. The van der Waals surface area contributed by atoms with Crippen LogP contribution in [0.3, 0.4) is 0 Å². The van der Waals surface area contributed by atoms with Crippen molar-refractivity contribution >= 4 is 23.4 Å². The zero-order valence-corrected chi connectivity index (χ0v) is 15.9. The topological polar surface area (TPSA) is 130 Å². The van der Waals surface area contributed by atoms with Crippen molar-refractivity contribution in [2.75, 3.05) is 18.2 Å². The summed E-state index contributed by atoms with van der Waals surface area (Å²) in [6.45, 7) is 1.53. The highest BCUT2D eigenvalue weighted by Crippen LogP contribution is 2.22. The van der Waals surface area contributed by atoms with E-state index in [-0.39, 0.29) is 17.1 Å². The summed E-state index contributed by atoms with van der Waals surface area (Å²) in [5, 5.41) is 11.3. The fourth-order valence-electron chi connectivity index (χ4n) is 2.38. The molecule has 28 heavy (non-hydrogen) atoms. The lowest BCUT2D eigenvalue weighted by Crippen LogP contribution is -2.29. The summed E-state index contributed by atoms with van der Waals surface area (Å²) in [6, 6.07) is 11.0. The second kappa shape index (κ2) is 8.53. The number of amides is 1. The second-order valence-corrected chi connectivity index (χ2v) is 6.73. The molecule has 3 aromatic rings. The first kappa shape index (κ1) is 19.4. The molecule has 3 rings (SSSR count). The van der Waals surface area contributed by atoms with E-state index in [1.165, 1.54) is 18.7 Å². The van der Waals surface area contributed by atoms with Gasteiger partial charge in [0.05, 0.1) is 18.6 Å². The van der Waals surface area contributed by atoms with Crippen LogP contribution in [0.1, 0.15) is 5.69 Å². The van der Waals surface area contributed by atoms with E-state index >= 15 is 0 Å². The minimum atomic E-state index is -0.650. The van der Waals surface area contributed by atoms with Crippen LogP contribution in [-0.2, 0) is 4.79 Å². The van der Waals surface area contributed by atoms with Crippen LogP contribution < -0.4 is 21.3 Å². The van der Waals surface area contributed by atoms with Crippen LogP contribution in [-0.4, -0.2) is 38.9 Å². The van der Waals surface area contributed by atoms with Crippen LogP contribution in [0.25, 0.3) is 11.3 Å². The van der Waals surface area contributed by atoms with Crippen molar-refractivity contribution in [3.63, 3.8) is 0 Å². The van der Waals surface area contributed by atoms with E-state index in [4.69, 9.17) is 4.74 Å². The lowest BCUT2D eigenvalue weighted by atomic mass is 10.1. The first-order chi connectivity index (χ1) is 13.5. The number of methoxy groups -OCH3 is 1. The lowest BCUT2D eigenvalue weighted by Gasteiger charge is -2.06. The highest BCUT2D eigenvalue weighted by molar-refractivity contribution is 7.99. The third-order valence-electron chi connectivity index (χ3n) is 3.77. The normalized spacial score (nSPS) is 10.5. The molecule has 0 saturated heterocycles. The number of aromatic nitrogens is 4. The van der Waals surface area contributed by atoms with Crippen molar-refractivity contribution < 1.29 is 9.53 Å². The summed E-state index contributed by atoms with van der Waals surface area (Å²) in [6.07, 6.45) is 0. The Balaban J connectivity index is 1.61. The largest absolute Gasteiger partial charge is 0.497 e. The molecule has 0 aliphatic heterocycles. The Labute approximate surface area is 163 Å². The van der Waals surface area contributed by atoms with Gasteiger partial charge < -0.3 is 15.0 Å². The van der Waals surface area contributed by atoms with Gasteiger partial charge in [-0.15, -0.1) is 10.2 Å². The van der Waals surface area contributed by atoms with Gasteiger partial charge in [-0.05, 0) is 43.3 Å². The van der Waals surface area contributed by atoms with E-state index < -0.39 is 17.2 Å². The first-order valence-corrected chi connectivity index (χ1v) is 9.19. The number of hydrogen-bond acceptors (Lipinski definition) is 7. The van der Waals surface area contributed by atoms with Crippen LogP contribution in [0.2, 0.25) is 0 Å². The lowest BCUT2D eigenvalue weighted by molar-refractivity contribution is -0.113. The standard InChI is InChI=1S/C18H17N5O4S/c1-10-16(17(25)21-18(26)19-10)20-14(24)9-28-15-8-7-13(22-23-15)11-3-5-12(27-2)6-4-11/h3-8H,9H2,1-2H3,(H,20,24)(H2,19,21,25,26). The number of aryl methyl sites for hydroxylation is 1. The van der Waals surface area contributed by atoms with Crippen molar-refractivity contribution in [1.82, 2.24) is 20.2 Å². The Kier molecular flexibility index (Phi) is 5.90. The van der Waals surface area contributed by atoms with Crippen LogP contribution in [0.15, 0.2) is 51.0 Å². The maximum atomic E-state index is 12.1. The van der Waals surface area contributed by atoms with E-state index in [2.05, 4.69) is 25.5 Å². The molecule has 0 aliphatic carbocycles. The molecule has 144 valence electrons. The predicted octanol–water partition coefficient (Wildman–Crippen LogP) is 1.57. The van der Waals surface area contributed by atoms with Gasteiger partial charge in [-0.2, -0.15) is 0 Å². The SMILES string of the molecule is COc1ccc(-c2ccc(SCC(=O)Nc3c(C)[nH]c(=O)[nH]c3=O)nn2)cc1. The van der Waals surface area contributed by atoms with Crippen molar-refractivity contribution in [2.45, 2.75) is 11.9 Å². The fraction of sp³-hybridized carbons (Fsp3) is 0.167. The molecule has 0 spiro atoms. The average Bonchev–Trinajstić information content (AvgIpc) is 2.69. The molecule has 0 radical (unpaired) electrons. The Bertz CT molecular complexity index is 1090. The van der Waals surface area contributed by atoms with Crippen LogP contribution in [0.5, 0.6) is 5.75 Å². The molecular formula is C18H17N5O4S. The van der Waals surface area contributed by atoms with E-state index in [1.54, 1.807) is 13.2 Å². The summed E-state index contributed by atoms with van der Waals surface area (Å²) in [7, 11) is 1.60. The Morgan fingerprint density at radius 1 is 1.11 bits per heavy atom. The summed E-state index contributed by atoms with van der Waals surface area (Å²) in [5.41, 5.74) is 0.634. The number of carbonyl (C=O) groups excluding carboxylic acids is 1. The average molecular weight is 399 g/mol. The molecule has 2 heterocycles. The maximum Gasteiger partial charge on any atom is 0.326 e. The maximum absolute atomic E-state index is 12.1. The summed E-state index contributed by atoms with van der Waals surface area (Å²) in [5.74, 6) is 0.396. The molecule has 10 heteroatoms. The molecule has 1 aromatic carbocycles. The molecule has 2 aromatic heterocycles. The van der Waals surface area contributed by atoms with E-state index in [0.29, 0.717) is 10.7 Å². The van der Waals surface area contributed by atoms with Gasteiger partial charge in [0.1, 0.15) is 16.5 Å². The number of carbonyl (C=O) groups is 1. The number of benzene rings is 1. The molecule has 0 aliphatic rings. The fourth-order valence-corrected chi connectivity index (χ4v) is 2.99. The number of nitrogens with one attached hydrogen (secondary N) is 3. The quantitative estimate of drug-likeness (QED) is 0.536. The predicted molar refractivity (Wildman–Crippen MR) is 106 cm³/mol. The van der Waals surface area contributed by atoms with Gasteiger partial charge in [-0.3, -0.25) is 14.6 Å². The van der Waals surface area contributed by atoms with E-state index in [9.17, 15) is 14.4 Å². The van der Waals surface area contributed by atoms with Gasteiger partial charge in [-0.25, -0.2) is 4.79 Å². The van der Waals surface area contributed by atoms with Gasteiger partial charge in [0.2, 0.25) is 5.91 Å². The number of aromatic amines is 2. The number of nitrogens with zero attached hydrogens (tertiary/aromatic N) is 2. The first-order valence-electron chi connectivity index (χ1n) is 8.20. The van der Waals surface area contributed by atoms with Crippen LogP contribution in [0, 0.1) is 6.92 Å². The minimum Gasteiger partial charge on any atom is -0.497 e. The van der Waals surface area contributed by atoms with Gasteiger partial charge in [0.15, 0.2) is 0 Å². The van der Waals surface area contributed by atoms with Gasteiger partial charge in [0, 0.05) is 11.3 Å². The Morgan fingerprint density at radius 2 is 1.86 bits per heavy atom. The number of thioether (sulfide) groups is 1. The highest BCUT2D eigenvalue weighted by Gasteiger charge is 2.11. The minimum absolute atomic E-state index is 0.0196. The molecule has 9 nitrogen and oxygen atoms in total. The third kappa shape index (κ3) is 4.65. The smallest absolute Gasteiger partial charge is 0.326 e. The summed E-state index contributed by atoms with van der Waals surface area (Å²) in [4.78, 5) is 39.5. The van der Waals surface area contributed by atoms with E-state index in [0.717, 1.165) is 11.3 Å². The molecule has 0 unspecified atom stereocenters. The summed E-state index contributed by atoms with van der Waals surface area (Å²) < 4.78 is 5.13. The second-order valence-electron chi connectivity index (χ2n) is 5.73. The molecule has 3 N–H and O–H groups in total. The molecule has 0 fully saturated rings. The van der Waals surface area contributed by atoms with E-state index in [1.807, 2.05) is 30.3 Å².